The summed E-state index contributed by atoms with van der Waals surface area (Å²) in [6, 6.07) is 8.46. The molecule has 1 atom stereocenters. The molecule has 1 aromatic rings. The lowest BCUT2D eigenvalue weighted by Gasteiger charge is -2.33. The molecule has 90 valence electrons. The number of nitrogens with one attached hydrogen (secondary N) is 1. The lowest BCUT2D eigenvalue weighted by molar-refractivity contribution is 0.172. The fourth-order valence-corrected chi connectivity index (χ4v) is 2.25. The average molecular weight is 230 g/mol. The Bertz CT molecular complexity index is 404. The van der Waals surface area contributed by atoms with Crippen LogP contribution in [0.5, 0.6) is 0 Å². The number of hydrogen-bond donors (Lipinski definition) is 1. The summed E-state index contributed by atoms with van der Waals surface area (Å²) in [7, 11) is 0. The van der Waals surface area contributed by atoms with Gasteiger partial charge in [-0.3, -0.25) is 9.88 Å². The molecule has 0 aliphatic carbocycles. The molecule has 2 heterocycles. The molecule has 0 spiro atoms. The van der Waals surface area contributed by atoms with Crippen molar-refractivity contribution in [2.24, 2.45) is 0 Å². The molecule has 4 heteroatoms. The van der Waals surface area contributed by atoms with Crippen molar-refractivity contribution in [1.82, 2.24) is 15.2 Å². The van der Waals surface area contributed by atoms with Crippen LogP contribution in [-0.4, -0.2) is 36.1 Å². The van der Waals surface area contributed by atoms with Gasteiger partial charge in [0, 0.05) is 31.9 Å². The third kappa shape index (κ3) is 3.02. The quantitative estimate of drug-likeness (QED) is 0.849. The Hall–Kier alpha value is -1.44. The first-order valence-corrected chi connectivity index (χ1v) is 6.06. The van der Waals surface area contributed by atoms with Gasteiger partial charge in [-0.2, -0.15) is 5.26 Å². The van der Waals surface area contributed by atoms with Gasteiger partial charge in [0.15, 0.2) is 0 Å². The molecule has 1 fully saturated rings. The van der Waals surface area contributed by atoms with Crippen molar-refractivity contribution < 1.29 is 0 Å². The highest BCUT2D eigenvalue weighted by atomic mass is 15.2. The Morgan fingerprint density at radius 2 is 2.24 bits per heavy atom. The van der Waals surface area contributed by atoms with E-state index in [0.717, 1.165) is 37.6 Å². The third-order valence-corrected chi connectivity index (χ3v) is 3.13. The van der Waals surface area contributed by atoms with Crippen LogP contribution in [0.3, 0.4) is 0 Å². The van der Waals surface area contributed by atoms with Crippen molar-refractivity contribution in [3.63, 3.8) is 0 Å². The van der Waals surface area contributed by atoms with Gasteiger partial charge < -0.3 is 5.32 Å². The molecule has 1 saturated heterocycles. The monoisotopic (exact) mass is 230 g/mol. The summed E-state index contributed by atoms with van der Waals surface area (Å²) >= 11 is 0. The van der Waals surface area contributed by atoms with Crippen molar-refractivity contribution in [3.8, 4) is 6.07 Å². The Morgan fingerprint density at radius 1 is 1.47 bits per heavy atom. The van der Waals surface area contributed by atoms with E-state index in [1.807, 2.05) is 25.1 Å². The highest BCUT2D eigenvalue weighted by Crippen LogP contribution is 2.22. The molecule has 1 N–H and O–H groups in total. The second-order valence-corrected chi connectivity index (χ2v) is 4.37. The first-order valence-electron chi connectivity index (χ1n) is 6.06. The molecule has 4 nitrogen and oxygen atoms in total. The normalized spacial score (nSPS) is 18.6. The van der Waals surface area contributed by atoms with E-state index in [4.69, 9.17) is 5.26 Å². The van der Waals surface area contributed by atoms with Gasteiger partial charge in [0.1, 0.15) is 0 Å². The molecular weight excluding hydrogens is 212 g/mol. The maximum atomic E-state index is 8.98. The highest BCUT2D eigenvalue weighted by molar-refractivity contribution is 5.15. The van der Waals surface area contributed by atoms with Crippen LogP contribution in [0.4, 0.5) is 0 Å². The maximum Gasteiger partial charge on any atom is 0.0652 e. The predicted octanol–water partition coefficient (Wildman–Crippen LogP) is 1.25. The third-order valence-electron chi connectivity index (χ3n) is 3.13. The van der Waals surface area contributed by atoms with Crippen molar-refractivity contribution in [2.75, 3.05) is 26.2 Å². The van der Waals surface area contributed by atoms with Crippen LogP contribution in [0.25, 0.3) is 0 Å². The number of hydrogen-bond acceptors (Lipinski definition) is 4. The van der Waals surface area contributed by atoms with Gasteiger partial charge in [0.2, 0.25) is 0 Å². The van der Waals surface area contributed by atoms with Gasteiger partial charge in [0.25, 0.3) is 0 Å². The minimum Gasteiger partial charge on any atom is -0.314 e. The van der Waals surface area contributed by atoms with E-state index in [1.54, 1.807) is 0 Å². The molecular formula is C13H18N4. The van der Waals surface area contributed by atoms with Crippen LogP contribution < -0.4 is 5.32 Å². The zero-order chi connectivity index (χ0) is 12.1. The Morgan fingerprint density at radius 3 is 2.88 bits per heavy atom. The van der Waals surface area contributed by atoms with Crippen LogP contribution in [0.2, 0.25) is 0 Å². The topological polar surface area (TPSA) is 52.0 Å². The second kappa shape index (κ2) is 5.76. The van der Waals surface area contributed by atoms with E-state index in [2.05, 4.69) is 21.3 Å². The Kier molecular flexibility index (Phi) is 4.08. The summed E-state index contributed by atoms with van der Waals surface area (Å²) in [4.78, 5) is 6.90. The van der Waals surface area contributed by atoms with Gasteiger partial charge in [-0.1, -0.05) is 6.07 Å². The number of nitriles is 1. The molecule has 1 aliphatic heterocycles. The van der Waals surface area contributed by atoms with Gasteiger partial charge >= 0.3 is 0 Å². The summed E-state index contributed by atoms with van der Waals surface area (Å²) in [5.41, 5.74) is 2.04. The maximum absolute atomic E-state index is 8.98. The van der Waals surface area contributed by atoms with Crippen LogP contribution in [0.1, 0.15) is 23.9 Å². The Labute approximate surface area is 102 Å². The molecule has 17 heavy (non-hydrogen) atoms. The standard InChI is InChI=1S/C13H18N4/c1-11-3-2-4-12(16-11)13(5-6-14)17-9-7-15-8-10-17/h2-4,13,15H,5,7-10H2,1H3/t13-/m1/s1. The number of aryl methyl sites for hydroxylation is 1. The van der Waals surface area contributed by atoms with E-state index in [9.17, 15) is 0 Å². The van der Waals surface area contributed by atoms with E-state index >= 15 is 0 Å². The number of piperazine rings is 1. The average Bonchev–Trinajstić information content (AvgIpc) is 2.37. The molecule has 0 bridgehead atoms. The first kappa shape index (κ1) is 12.0. The number of aromatic nitrogens is 1. The minimum atomic E-state index is 0.141. The van der Waals surface area contributed by atoms with Crippen molar-refractivity contribution in [1.29, 1.82) is 5.26 Å². The fraction of sp³-hybridized carbons (Fsp3) is 0.538. The second-order valence-electron chi connectivity index (χ2n) is 4.37. The summed E-state index contributed by atoms with van der Waals surface area (Å²) in [6.07, 6.45) is 0.510. The van der Waals surface area contributed by atoms with E-state index in [-0.39, 0.29) is 6.04 Å². The van der Waals surface area contributed by atoms with Crippen molar-refractivity contribution >= 4 is 0 Å². The number of pyridine rings is 1. The largest absolute Gasteiger partial charge is 0.314 e. The Balaban J connectivity index is 2.19. The van der Waals surface area contributed by atoms with Crippen LogP contribution in [0, 0.1) is 18.3 Å². The van der Waals surface area contributed by atoms with Crippen molar-refractivity contribution in [3.05, 3.63) is 29.6 Å². The van der Waals surface area contributed by atoms with Crippen LogP contribution in [-0.2, 0) is 0 Å². The van der Waals surface area contributed by atoms with Crippen LogP contribution in [0.15, 0.2) is 18.2 Å². The molecule has 0 amide bonds. The summed E-state index contributed by atoms with van der Waals surface area (Å²) in [5, 5.41) is 12.3. The summed E-state index contributed by atoms with van der Waals surface area (Å²) < 4.78 is 0. The summed E-state index contributed by atoms with van der Waals surface area (Å²) in [6.45, 7) is 5.95. The van der Waals surface area contributed by atoms with Gasteiger partial charge in [-0.05, 0) is 19.1 Å². The molecule has 0 saturated carbocycles. The van der Waals surface area contributed by atoms with Gasteiger partial charge in [-0.25, -0.2) is 0 Å². The lowest BCUT2D eigenvalue weighted by Crippen LogP contribution is -2.45. The first-order chi connectivity index (χ1) is 8.31. The van der Waals surface area contributed by atoms with Crippen LogP contribution >= 0.6 is 0 Å². The minimum absolute atomic E-state index is 0.141. The van der Waals surface area contributed by atoms with E-state index in [1.165, 1.54) is 0 Å². The smallest absolute Gasteiger partial charge is 0.0652 e. The van der Waals surface area contributed by atoms with Gasteiger partial charge in [0.05, 0.1) is 24.2 Å². The molecule has 0 aromatic carbocycles. The zero-order valence-corrected chi connectivity index (χ0v) is 10.2. The molecule has 1 aliphatic rings. The lowest BCUT2D eigenvalue weighted by atomic mass is 10.1. The van der Waals surface area contributed by atoms with Crippen molar-refractivity contribution in [2.45, 2.75) is 19.4 Å². The molecule has 1 aromatic heterocycles. The van der Waals surface area contributed by atoms with E-state index in [0.29, 0.717) is 6.42 Å². The molecule has 2 rings (SSSR count). The van der Waals surface area contributed by atoms with Gasteiger partial charge in [-0.15, -0.1) is 0 Å². The number of nitrogens with zero attached hydrogens (tertiary/aromatic N) is 3. The predicted molar refractivity (Wildman–Crippen MR) is 66.4 cm³/mol. The zero-order valence-electron chi connectivity index (χ0n) is 10.2. The number of rotatable bonds is 3. The fourth-order valence-electron chi connectivity index (χ4n) is 2.25. The molecule has 0 radical (unpaired) electrons. The SMILES string of the molecule is Cc1cccc([C@@H](CC#N)N2CCNCC2)n1. The van der Waals surface area contributed by atoms with E-state index < -0.39 is 0 Å². The molecule has 0 unspecified atom stereocenters. The summed E-state index contributed by atoms with van der Waals surface area (Å²) in [5.74, 6) is 0. The highest BCUT2D eigenvalue weighted by Gasteiger charge is 2.22.